The molecule has 0 aliphatic carbocycles. The van der Waals surface area contributed by atoms with E-state index in [-0.39, 0.29) is 0 Å². The Morgan fingerprint density at radius 2 is 2.64 bits per heavy atom. The van der Waals surface area contributed by atoms with Crippen LogP contribution in [0.5, 0.6) is 0 Å². The lowest BCUT2D eigenvalue weighted by Gasteiger charge is -2.14. The van der Waals surface area contributed by atoms with Crippen molar-refractivity contribution in [3.8, 4) is 0 Å². The Kier molecular flexibility index (Phi) is 2.31. The highest BCUT2D eigenvalue weighted by atomic mass is 35.5. The van der Waals surface area contributed by atoms with Crippen LogP contribution in [0.2, 0.25) is 0 Å². The molecule has 0 saturated heterocycles. The highest BCUT2D eigenvalue weighted by molar-refractivity contribution is 8.06. The van der Waals surface area contributed by atoms with Gasteiger partial charge in [-0.05, 0) is 0 Å². The van der Waals surface area contributed by atoms with Crippen molar-refractivity contribution in [3.05, 3.63) is 11.1 Å². The number of nitrogens with one attached hydrogen (secondary N) is 1. The molecule has 0 aromatic heterocycles. The number of carboxylic acids is 1. The number of carboxylic acid groups (broad SMARTS) is 1. The molecule has 0 saturated carbocycles. The van der Waals surface area contributed by atoms with Crippen LogP contribution in [0.1, 0.15) is 0 Å². The Balaban J connectivity index is 2.64. The Bertz CT molecular complexity index is 221. The van der Waals surface area contributed by atoms with Crippen molar-refractivity contribution in [1.82, 2.24) is 5.32 Å². The van der Waals surface area contributed by atoms with Gasteiger partial charge >= 0.3 is 5.97 Å². The topological polar surface area (TPSA) is 75.3 Å². The maximum absolute atomic E-state index is 10.5. The van der Waals surface area contributed by atoms with E-state index < -0.39 is 10.3 Å². The average Bonchev–Trinajstić information content (AvgIpc) is 2.33. The minimum absolute atomic E-state index is 0.305. The second-order valence-electron chi connectivity index (χ2n) is 1.96. The molecule has 1 atom stereocenters. The zero-order valence-electron chi connectivity index (χ0n) is 5.50. The number of thioether (sulfide) groups is 1. The van der Waals surface area contributed by atoms with Gasteiger partial charge in [0.2, 0.25) is 0 Å². The molecule has 0 spiro atoms. The van der Waals surface area contributed by atoms with Gasteiger partial charge in [-0.2, -0.15) is 0 Å². The van der Waals surface area contributed by atoms with Gasteiger partial charge in [-0.15, -0.1) is 0 Å². The molecule has 6 heteroatoms. The first-order valence-corrected chi connectivity index (χ1v) is 4.06. The van der Waals surface area contributed by atoms with Crippen molar-refractivity contribution in [2.45, 2.75) is 4.33 Å². The van der Waals surface area contributed by atoms with Crippen molar-refractivity contribution in [2.75, 3.05) is 6.54 Å². The van der Waals surface area contributed by atoms with E-state index in [9.17, 15) is 4.79 Å². The van der Waals surface area contributed by atoms with Crippen LogP contribution in [0.15, 0.2) is 11.1 Å². The average molecular weight is 195 g/mol. The van der Waals surface area contributed by atoms with Crippen LogP contribution in [0.4, 0.5) is 0 Å². The first-order valence-electron chi connectivity index (χ1n) is 2.86. The van der Waals surface area contributed by atoms with Gasteiger partial charge in [0, 0.05) is 17.6 Å². The SMILES string of the molecule is NCC1=CNC(Cl)(C(=O)O)S1. The van der Waals surface area contributed by atoms with Gasteiger partial charge in [0.25, 0.3) is 4.33 Å². The third-order valence-electron chi connectivity index (χ3n) is 1.17. The fraction of sp³-hybridized carbons (Fsp3) is 0.400. The van der Waals surface area contributed by atoms with Crippen LogP contribution in [-0.2, 0) is 4.79 Å². The molecular formula is C5H7ClN2O2S. The highest BCUT2D eigenvalue weighted by Gasteiger charge is 2.40. The van der Waals surface area contributed by atoms with Gasteiger partial charge in [-0.3, -0.25) is 0 Å². The maximum Gasteiger partial charge on any atom is 0.356 e. The van der Waals surface area contributed by atoms with Gasteiger partial charge in [-0.25, -0.2) is 4.79 Å². The first kappa shape index (κ1) is 8.70. The second kappa shape index (κ2) is 2.92. The summed E-state index contributed by atoms with van der Waals surface area (Å²) in [6.45, 7) is 0.305. The van der Waals surface area contributed by atoms with Crippen molar-refractivity contribution in [1.29, 1.82) is 0 Å². The molecule has 4 nitrogen and oxygen atoms in total. The quantitative estimate of drug-likeness (QED) is 0.430. The molecule has 0 bridgehead atoms. The summed E-state index contributed by atoms with van der Waals surface area (Å²) >= 11 is 6.64. The Morgan fingerprint density at radius 1 is 2.00 bits per heavy atom. The van der Waals surface area contributed by atoms with E-state index >= 15 is 0 Å². The van der Waals surface area contributed by atoms with Crippen LogP contribution in [0.3, 0.4) is 0 Å². The van der Waals surface area contributed by atoms with Crippen molar-refractivity contribution < 1.29 is 9.90 Å². The number of nitrogens with two attached hydrogens (primary N) is 1. The number of hydrogen-bond donors (Lipinski definition) is 3. The lowest BCUT2D eigenvalue weighted by Crippen LogP contribution is -2.37. The molecule has 1 rings (SSSR count). The largest absolute Gasteiger partial charge is 0.478 e. The minimum atomic E-state index is -1.45. The molecule has 0 fully saturated rings. The number of hydrogen-bond acceptors (Lipinski definition) is 4. The molecular weight excluding hydrogens is 188 g/mol. The Morgan fingerprint density at radius 3 is 2.91 bits per heavy atom. The van der Waals surface area contributed by atoms with Crippen molar-refractivity contribution >= 4 is 29.3 Å². The lowest BCUT2D eigenvalue weighted by molar-refractivity contribution is -0.137. The maximum atomic E-state index is 10.5. The van der Waals surface area contributed by atoms with Gasteiger partial charge in [0.05, 0.1) is 0 Å². The summed E-state index contributed by atoms with van der Waals surface area (Å²) in [6, 6.07) is 0. The third-order valence-corrected chi connectivity index (χ3v) is 2.79. The minimum Gasteiger partial charge on any atom is -0.478 e. The van der Waals surface area contributed by atoms with Gasteiger partial charge in [-0.1, -0.05) is 23.4 Å². The van der Waals surface area contributed by atoms with E-state index in [1.54, 1.807) is 0 Å². The summed E-state index contributed by atoms with van der Waals surface area (Å²) < 4.78 is -1.45. The zero-order chi connectivity index (χ0) is 8.48. The molecule has 1 aliphatic heterocycles. The zero-order valence-corrected chi connectivity index (χ0v) is 7.08. The van der Waals surface area contributed by atoms with Crippen molar-refractivity contribution in [2.24, 2.45) is 5.73 Å². The Labute approximate surface area is 72.8 Å². The van der Waals surface area contributed by atoms with E-state index in [4.69, 9.17) is 22.4 Å². The van der Waals surface area contributed by atoms with Crippen LogP contribution in [0.25, 0.3) is 0 Å². The summed E-state index contributed by atoms with van der Waals surface area (Å²) in [7, 11) is 0. The molecule has 0 aromatic carbocycles. The van der Waals surface area contributed by atoms with Gasteiger partial charge < -0.3 is 16.2 Å². The van der Waals surface area contributed by atoms with E-state index in [0.717, 1.165) is 16.7 Å². The van der Waals surface area contributed by atoms with Crippen LogP contribution >= 0.6 is 23.4 Å². The van der Waals surface area contributed by atoms with Crippen LogP contribution in [0, 0.1) is 0 Å². The molecule has 1 aliphatic rings. The van der Waals surface area contributed by atoms with Crippen LogP contribution in [-0.4, -0.2) is 22.0 Å². The predicted molar refractivity (Wildman–Crippen MR) is 44.1 cm³/mol. The van der Waals surface area contributed by atoms with E-state index in [1.807, 2.05) is 0 Å². The first-order chi connectivity index (χ1) is 5.08. The monoisotopic (exact) mass is 194 g/mol. The van der Waals surface area contributed by atoms with E-state index in [0.29, 0.717) is 6.54 Å². The molecule has 1 unspecified atom stereocenters. The predicted octanol–water partition coefficient (Wildman–Crippen LogP) is 0.100. The Hall–Kier alpha value is -0.390. The summed E-state index contributed by atoms with van der Waals surface area (Å²) in [5, 5.41) is 11.1. The molecule has 4 N–H and O–H groups in total. The third kappa shape index (κ3) is 1.61. The summed E-state index contributed by atoms with van der Waals surface area (Å²) in [6.07, 6.45) is 1.52. The van der Waals surface area contributed by atoms with Crippen molar-refractivity contribution in [3.63, 3.8) is 0 Å². The summed E-state index contributed by atoms with van der Waals surface area (Å²) in [5.74, 6) is -1.11. The smallest absolute Gasteiger partial charge is 0.356 e. The lowest BCUT2D eigenvalue weighted by atomic mass is 10.6. The van der Waals surface area contributed by atoms with E-state index in [2.05, 4.69) is 5.32 Å². The molecule has 11 heavy (non-hydrogen) atoms. The summed E-state index contributed by atoms with van der Waals surface area (Å²) in [4.78, 5) is 11.2. The van der Waals surface area contributed by atoms with Gasteiger partial charge in [0.15, 0.2) is 0 Å². The fourth-order valence-electron chi connectivity index (χ4n) is 0.619. The molecule has 0 aromatic rings. The highest BCUT2D eigenvalue weighted by Crippen LogP contribution is 2.37. The normalized spacial score (nSPS) is 29.5. The number of alkyl halides is 1. The number of rotatable bonds is 2. The fourth-order valence-corrected chi connectivity index (χ4v) is 1.74. The standard InChI is InChI=1S/C5H7ClN2O2S/c6-5(4(9)10)8-2-3(1-7)11-5/h2,8H,1,7H2,(H,9,10). The molecule has 0 radical (unpaired) electrons. The molecule has 0 amide bonds. The number of halogens is 1. The van der Waals surface area contributed by atoms with E-state index in [1.165, 1.54) is 6.20 Å². The molecule has 1 heterocycles. The van der Waals surface area contributed by atoms with Crippen LogP contribution < -0.4 is 11.1 Å². The number of carbonyl (C=O) groups is 1. The van der Waals surface area contributed by atoms with Gasteiger partial charge in [0.1, 0.15) is 0 Å². The molecule has 62 valence electrons. The second-order valence-corrected chi connectivity index (χ2v) is 4.09. The summed E-state index contributed by atoms with van der Waals surface area (Å²) in [5.41, 5.74) is 5.27. The number of aliphatic carboxylic acids is 1.